The van der Waals surface area contributed by atoms with E-state index in [-0.39, 0.29) is 9.90 Å². The van der Waals surface area contributed by atoms with Crippen LogP contribution in [-0.2, 0) is 24.1 Å². The highest BCUT2D eigenvalue weighted by Crippen LogP contribution is 2.38. The lowest BCUT2D eigenvalue weighted by Crippen LogP contribution is -2.19. The van der Waals surface area contributed by atoms with Crippen molar-refractivity contribution in [1.82, 2.24) is 9.13 Å². The zero-order valence-electron chi connectivity index (χ0n) is 15.4. The van der Waals surface area contributed by atoms with Crippen LogP contribution in [0.4, 0.5) is 5.69 Å². The zero-order chi connectivity index (χ0) is 20.8. The fourth-order valence-electron chi connectivity index (χ4n) is 2.94. The molecule has 1 N–H and O–H groups in total. The van der Waals surface area contributed by atoms with E-state index in [1.54, 1.807) is 36.9 Å². The maximum atomic E-state index is 12.9. The standard InChI is InChI=1S/C19H16BrN3O3S3/c1-22-14-10-13(21-29(25,26)18-9-8-17(20)28-18)16(11-15(14)23(2)19(22)24)27-12-6-4-3-5-7-12/h3-11,21H,1-2H3. The number of halogens is 1. The monoisotopic (exact) mass is 509 g/mol. The fraction of sp³-hybridized carbons (Fsp3) is 0.105. The Morgan fingerprint density at radius 1 is 1.00 bits per heavy atom. The molecule has 0 aliphatic rings. The predicted molar refractivity (Wildman–Crippen MR) is 122 cm³/mol. The maximum Gasteiger partial charge on any atom is 0.328 e. The summed E-state index contributed by atoms with van der Waals surface area (Å²) in [5.74, 6) is 0. The molecule has 2 heterocycles. The minimum Gasteiger partial charge on any atom is -0.295 e. The van der Waals surface area contributed by atoms with Gasteiger partial charge in [0.25, 0.3) is 10.0 Å². The van der Waals surface area contributed by atoms with Gasteiger partial charge >= 0.3 is 5.69 Å². The molecule has 0 fully saturated rings. The molecule has 2 aromatic carbocycles. The first kappa shape index (κ1) is 20.3. The Labute approximate surface area is 184 Å². The number of anilines is 1. The molecule has 0 amide bonds. The van der Waals surface area contributed by atoms with Crippen molar-refractivity contribution in [2.75, 3.05) is 4.72 Å². The van der Waals surface area contributed by atoms with Crippen LogP contribution < -0.4 is 10.4 Å². The number of nitrogens with one attached hydrogen (secondary N) is 1. The van der Waals surface area contributed by atoms with Crippen LogP contribution in [0.3, 0.4) is 0 Å². The molecule has 0 radical (unpaired) electrons. The molecule has 6 nitrogen and oxygen atoms in total. The highest BCUT2D eigenvalue weighted by Gasteiger charge is 2.21. The summed E-state index contributed by atoms with van der Waals surface area (Å²) in [6, 6.07) is 16.5. The van der Waals surface area contributed by atoms with E-state index in [0.29, 0.717) is 16.1 Å². The van der Waals surface area contributed by atoms with E-state index in [2.05, 4.69) is 20.7 Å². The van der Waals surface area contributed by atoms with Crippen LogP contribution in [-0.4, -0.2) is 17.6 Å². The molecule has 4 aromatic rings. The average molecular weight is 510 g/mol. The Morgan fingerprint density at radius 2 is 1.66 bits per heavy atom. The van der Waals surface area contributed by atoms with Crippen molar-refractivity contribution in [3.8, 4) is 0 Å². The van der Waals surface area contributed by atoms with Crippen LogP contribution in [0.15, 0.2) is 77.2 Å². The lowest BCUT2D eigenvalue weighted by Gasteiger charge is -2.13. The van der Waals surface area contributed by atoms with Gasteiger partial charge in [-0.2, -0.15) is 0 Å². The van der Waals surface area contributed by atoms with E-state index in [1.807, 2.05) is 36.4 Å². The summed E-state index contributed by atoms with van der Waals surface area (Å²) in [7, 11) is -0.388. The smallest absolute Gasteiger partial charge is 0.295 e. The number of benzene rings is 2. The van der Waals surface area contributed by atoms with Gasteiger partial charge in [-0.15, -0.1) is 11.3 Å². The topological polar surface area (TPSA) is 73.1 Å². The largest absolute Gasteiger partial charge is 0.328 e. The van der Waals surface area contributed by atoms with Crippen molar-refractivity contribution in [2.45, 2.75) is 14.0 Å². The number of aromatic nitrogens is 2. The van der Waals surface area contributed by atoms with Gasteiger partial charge in [-0.1, -0.05) is 30.0 Å². The van der Waals surface area contributed by atoms with Crippen LogP contribution in [0.2, 0.25) is 0 Å². The Bertz CT molecular complexity index is 1370. The van der Waals surface area contributed by atoms with Crippen LogP contribution in [0, 0.1) is 0 Å². The molecule has 0 aliphatic heterocycles. The molecule has 0 unspecified atom stereocenters. The van der Waals surface area contributed by atoms with Crippen molar-refractivity contribution in [2.24, 2.45) is 14.1 Å². The molecule has 0 atom stereocenters. The van der Waals surface area contributed by atoms with E-state index in [4.69, 9.17) is 0 Å². The summed E-state index contributed by atoms with van der Waals surface area (Å²) < 4.78 is 32.5. The normalized spacial score (nSPS) is 11.8. The van der Waals surface area contributed by atoms with Crippen LogP contribution in [0.1, 0.15) is 0 Å². The van der Waals surface area contributed by atoms with Gasteiger partial charge in [-0.25, -0.2) is 13.2 Å². The summed E-state index contributed by atoms with van der Waals surface area (Å²) in [6.45, 7) is 0. The van der Waals surface area contributed by atoms with Crippen LogP contribution >= 0.6 is 39.0 Å². The molecular weight excluding hydrogens is 494 g/mol. The molecule has 0 bridgehead atoms. The first-order valence-corrected chi connectivity index (χ1v) is 12.4. The number of imidazole rings is 1. The van der Waals surface area contributed by atoms with Crippen molar-refractivity contribution in [3.05, 3.63) is 68.9 Å². The molecule has 29 heavy (non-hydrogen) atoms. The lowest BCUT2D eigenvalue weighted by molar-refractivity contribution is 0.603. The second kappa shape index (κ2) is 7.67. The van der Waals surface area contributed by atoms with E-state index >= 15 is 0 Å². The summed E-state index contributed by atoms with van der Waals surface area (Å²) in [5.41, 5.74) is 1.65. The number of hydrogen-bond donors (Lipinski definition) is 1. The SMILES string of the molecule is Cn1c(=O)n(C)c2cc(Sc3ccccc3)c(NS(=O)(=O)c3ccc(Br)s3)cc21. The third-order valence-corrected chi connectivity index (χ3v) is 8.95. The van der Waals surface area contributed by atoms with Gasteiger partial charge in [0.1, 0.15) is 4.21 Å². The van der Waals surface area contributed by atoms with Crippen molar-refractivity contribution >= 4 is 65.8 Å². The van der Waals surface area contributed by atoms with Crippen molar-refractivity contribution in [3.63, 3.8) is 0 Å². The number of thiophene rings is 1. The fourth-order valence-corrected chi connectivity index (χ4v) is 7.03. The maximum absolute atomic E-state index is 12.9. The van der Waals surface area contributed by atoms with Crippen LogP contribution in [0.5, 0.6) is 0 Å². The third-order valence-electron chi connectivity index (χ3n) is 4.40. The molecular formula is C19H16BrN3O3S3. The molecule has 4 rings (SSSR count). The van der Waals surface area contributed by atoms with Gasteiger partial charge < -0.3 is 0 Å². The van der Waals surface area contributed by atoms with E-state index < -0.39 is 10.0 Å². The Morgan fingerprint density at radius 3 is 2.28 bits per heavy atom. The molecule has 0 spiro atoms. The van der Waals surface area contributed by atoms with Crippen molar-refractivity contribution < 1.29 is 8.42 Å². The number of nitrogens with zero attached hydrogens (tertiary/aromatic N) is 2. The molecule has 150 valence electrons. The third kappa shape index (κ3) is 3.89. The molecule has 0 saturated carbocycles. The second-order valence-electron chi connectivity index (χ2n) is 6.32. The predicted octanol–water partition coefficient (Wildman–Crippen LogP) is 4.65. The van der Waals surface area contributed by atoms with Gasteiger partial charge in [0, 0.05) is 23.9 Å². The molecule has 10 heteroatoms. The Balaban J connectivity index is 1.87. The molecule has 0 aliphatic carbocycles. The van der Waals surface area contributed by atoms with Gasteiger partial charge in [0.2, 0.25) is 0 Å². The summed E-state index contributed by atoms with van der Waals surface area (Å²) >= 11 is 5.88. The summed E-state index contributed by atoms with van der Waals surface area (Å²) in [4.78, 5) is 14.0. The van der Waals surface area contributed by atoms with E-state index in [0.717, 1.165) is 25.5 Å². The first-order valence-electron chi connectivity index (χ1n) is 8.47. The summed E-state index contributed by atoms with van der Waals surface area (Å²) in [5, 5.41) is 0. The van der Waals surface area contributed by atoms with E-state index in [1.165, 1.54) is 16.3 Å². The van der Waals surface area contributed by atoms with E-state index in [9.17, 15) is 13.2 Å². The highest BCUT2D eigenvalue weighted by molar-refractivity contribution is 9.11. The minimum absolute atomic E-state index is 0.169. The first-order chi connectivity index (χ1) is 13.8. The Hall–Kier alpha value is -2.01. The average Bonchev–Trinajstić information content (AvgIpc) is 3.22. The number of sulfonamides is 1. The second-order valence-corrected chi connectivity index (χ2v) is 11.8. The minimum atomic E-state index is -3.76. The number of rotatable bonds is 5. The number of fused-ring (bicyclic) bond motifs is 1. The van der Waals surface area contributed by atoms with Gasteiger partial charge in [-0.05, 0) is 52.3 Å². The highest BCUT2D eigenvalue weighted by atomic mass is 79.9. The molecule has 2 aromatic heterocycles. The summed E-state index contributed by atoms with van der Waals surface area (Å²) in [6.07, 6.45) is 0. The Kier molecular flexibility index (Phi) is 5.36. The zero-order valence-corrected chi connectivity index (χ0v) is 19.5. The number of aryl methyl sites for hydroxylation is 2. The lowest BCUT2D eigenvalue weighted by atomic mass is 10.3. The van der Waals surface area contributed by atoms with Crippen molar-refractivity contribution in [1.29, 1.82) is 0 Å². The van der Waals surface area contributed by atoms with Gasteiger partial charge in [0.15, 0.2) is 0 Å². The molecule has 0 saturated heterocycles. The van der Waals surface area contributed by atoms with Gasteiger partial charge in [0.05, 0.1) is 20.5 Å². The quantitative estimate of drug-likeness (QED) is 0.424. The van der Waals surface area contributed by atoms with Gasteiger partial charge in [-0.3, -0.25) is 13.9 Å². The number of hydrogen-bond acceptors (Lipinski definition) is 5. The van der Waals surface area contributed by atoms with Crippen LogP contribution in [0.25, 0.3) is 11.0 Å².